The molecule has 3 aromatic rings. The standard InChI is InChI=1S/C26H21F5N2O3/c27-18-10-16(12-32-13-18)14-4-6-15(7-5-14)19-2-1-3-20(23(19)25(35)36)24(34)33-22-9-8-17(11-21(22)28)26(29,30)31/h4-13,19-20,23H,1-3H2,(H,33,34)(H,35,36)/t19-,20-,23-/m1/s1. The van der Waals surface area contributed by atoms with Crippen LogP contribution in [0.1, 0.15) is 36.3 Å². The molecule has 4 rings (SSSR count). The number of carbonyl (C=O) groups is 2. The average molecular weight is 504 g/mol. The first-order valence-electron chi connectivity index (χ1n) is 11.2. The Kier molecular flexibility index (Phi) is 7.05. The highest BCUT2D eigenvalue weighted by Gasteiger charge is 2.43. The molecule has 5 nitrogen and oxygen atoms in total. The van der Waals surface area contributed by atoms with Gasteiger partial charge in [-0.1, -0.05) is 30.7 Å². The van der Waals surface area contributed by atoms with Gasteiger partial charge in [-0.15, -0.1) is 0 Å². The zero-order valence-electron chi connectivity index (χ0n) is 18.7. The number of carboxylic acid groups (broad SMARTS) is 1. The SMILES string of the molecule is O=C(O)[C@@H]1[C@@H](c2ccc(-c3cncc(F)c3)cc2)CCC[C@H]1C(=O)Nc1ccc(C(F)(F)F)cc1F. The molecule has 1 fully saturated rings. The van der Waals surface area contributed by atoms with Crippen LogP contribution in [0.2, 0.25) is 0 Å². The first kappa shape index (κ1) is 25.3. The highest BCUT2D eigenvalue weighted by atomic mass is 19.4. The normalized spacial score (nSPS) is 20.1. The molecule has 0 aliphatic heterocycles. The smallest absolute Gasteiger partial charge is 0.416 e. The monoisotopic (exact) mass is 504 g/mol. The quantitative estimate of drug-likeness (QED) is 0.402. The van der Waals surface area contributed by atoms with Crippen molar-refractivity contribution in [2.75, 3.05) is 5.32 Å². The summed E-state index contributed by atoms with van der Waals surface area (Å²) >= 11 is 0. The number of halogens is 5. The van der Waals surface area contributed by atoms with Crippen LogP contribution in [-0.4, -0.2) is 22.0 Å². The molecule has 1 amide bonds. The lowest BCUT2D eigenvalue weighted by atomic mass is 9.69. The molecule has 2 aromatic carbocycles. The lowest BCUT2D eigenvalue weighted by Crippen LogP contribution is -2.40. The van der Waals surface area contributed by atoms with Gasteiger partial charge in [-0.05, 0) is 54.2 Å². The molecule has 1 saturated carbocycles. The molecule has 0 radical (unpaired) electrons. The Morgan fingerprint density at radius 1 is 0.944 bits per heavy atom. The molecule has 1 aromatic heterocycles. The van der Waals surface area contributed by atoms with E-state index in [1.54, 1.807) is 24.3 Å². The molecule has 36 heavy (non-hydrogen) atoms. The van der Waals surface area contributed by atoms with E-state index in [0.717, 1.165) is 12.3 Å². The molecule has 3 atom stereocenters. The molecule has 188 valence electrons. The summed E-state index contributed by atoms with van der Waals surface area (Å²) in [7, 11) is 0. The summed E-state index contributed by atoms with van der Waals surface area (Å²) in [6.45, 7) is 0. The maximum Gasteiger partial charge on any atom is 0.416 e. The number of rotatable bonds is 5. The van der Waals surface area contributed by atoms with Gasteiger partial charge in [-0.25, -0.2) is 8.78 Å². The van der Waals surface area contributed by atoms with E-state index in [9.17, 15) is 36.6 Å². The summed E-state index contributed by atoms with van der Waals surface area (Å²) in [5.74, 6) is -6.40. The van der Waals surface area contributed by atoms with Crippen LogP contribution in [0, 0.1) is 23.5 Å². The Bertz CT molecular complexity index is 1280. The van der Waals surface area contributed by atoms with Crippen molar-refractivity contribution in [2.45, 2.75) is 31.4 Å². The first-order chi connectivity index (χ1) is 17.0. The average Bonchev–Trinajstić information content (AvgIpc) is 2.84. The number of anilines is 1. The number of aromatic nitrogens is 1. The van der Waals surface area contributed by atoms with E-state index >= 15 is 0 Å². The van der Waals surface area contributed by atoms with Gasteiger partial charge in [0.15, 0.2) is 0 Å². The van der Waals surface area contributed by atoms with Crippen molar-refractivity contribution in [3.05, 3.63) is 83.7 Å². The molecule has 0 bridgehead atoms. The molecule has 1 aliphatic carbocycles. The van der Waals surface area contributed by atoms with Crippen LogP contribution < -0.4 is 5.32 Å². The fraction of sp³-hybridized carbons (Fsp3) is 0.269. The second kappa shape index (κ2) is 10.0. The fourth-order valence-electron chi connectivity index (χ4n) is 4.72. The highest BCUT2D eigenvalue weighted by Crippen LogP contribution is 2.43. The van der Waals surface area contributed by atoms with Gasteiger partial charge >= 0.3 is 12.1 Å². The van der Waals surface area contributed by atoms with Crippen molar-refractivity contribution in [2.24, 2.45) is 11.8 Å². The van der Waals surface area contributed by atoms with Crippen molar-refractivity contribution >= 4 is 17.6 Å². The third-order valence-corrected chi connectivity index (χ3v) is 6.45. The second-order valence-corrected chi connectivity index (χ2v) is 8.70. The molecule has 0 spiro atoms. The van der Waals surface area contributed by atoms with E-state index in [0.29, 0.717) is 35.6 Å². The zero-order chi connectivity index (χ0) is 26.0. The number of alkyl halides is 3. The van der Waals surface area contributed by atoms with Crippen LogP contribution in [0.3, 0.4) is 0 Å². The molecular formula is C26H21F5N2O3. The minimum absolute atomic E-state index is 0.231. The van der Waals surface area contributed by atoms with E-state index < -0.39 is 58.7 Å². The summed E-state index contributed by atoms with van der Waals surface area (Å²) in [5.41, 5.74) is 0.258. The number of hydrogen-bond acceptors (Lipinski definition) is 3. The Morgan fingerprint density at radius 2 is 1.67 bits per heavy atom. The largest absolute Gasteiger partial charge is 0.481 e. The van der Waals surface area contributed by atoms with Gasteiger partial charge in [0.2, 0.25) is 5.91 Å². The topological polar surface area (TPSA) is 79.3 Å². The minimum Gasteiger partial charge on any atom is -0.481 e. The molecule has 10 heteroatoms. The number of pyridine rings is 1. The Balaban J connectivity index is 1.55. The van der Waals surface area contributed by atoms with Gasteiger partial charge in [0, 0.05) is 11.8 Å². The lowest BCUT2D eigenvalue weighted by molar-refractivity contribution is -0.148. The van der Waals surface area contributed by atoms with Crippen LogP contribution >= 0.6 is 0 Å². The summed E-state index contributed by atoms with van der Waals surface area (Å²) in [6.07, 6.45) is -0.907. The third-order valence-electron chi connectivity index (χ3n) is 6.45. The van der Waals surface area contributed by atoms with Crippen LogP contribution in [0.25, 0.3) is 11.1 Å². The van der Waals surface area contributed by atoms with E-state index in [1.807, 2.05) is 0 Å². The predicted molar refractivity (Wildman–Crippen MR) is 121 cm³/mol. The van der Waals surface area contributed by atoms with Crippen molar-refractivity contribution in [3.8, 4) is 11.1 Å². The van der Waals surface area contributed by atoms with E-state index in [2.05, 4.69) is 10.3 Å². The number of benzene rings is 2. The minimum atomic E-state index is -4.74. The number of amides is 1. The molecule has 1 aliphatic rings. The maximum absolute atomic E-state index is 14.2. The number of carbonyl (C=O) groups excluding carboxylic acids is 1. The molecular weight excluding hydrogens is 483 g/mol. The third kappa shape index (κ3) is 5.37. The van der Waals surface area contributed by atoms with Gasteiger partial charge in [-0.3, -0.25) is 14.6 Å². The van der Waals surface area contributed by atoms with Crippen LogP contribution in [0.5, 0.6) is 0 Å². The van der Waals surface area contributed by atoms with Gasteiger partial charge in [0.25, 0.3) is 0 Å². The second-order valence-electron chi connectivity index (χ2n) is 8.70. The van der Waals surface area contributed by atoms with Gasteiger partial charge in [0.1, 0.15) is 11.6 Å². The Hall–Kier alpha value is -3.82. The number of nitrogens with one attached hydrogen (secondary N) is 1. The van der Waals surface area contributed by atoms with E-state index in [4.69, 9.17) is 0 Å². The van der Waals surface area contributed by atoms with Gasteiger partial charge in [-0.2, -0.15) is 13.2 Å². The van der Waals surface area contributed by atoms with Gasteiger partial charge < -0.3 is 10.4 Å². The molecule has 1 heterocycles. The summed E-state index contributed by atoms with van der Waals surface area (Å²) < 4.78 is 66.1. The molecule has 0 unspecified atom stereocenters. The maximum atomic E-state index is 14.2. The predicted octanol–water partition coefficient (Wildman–Crippen LogP) is 6.27. The van der Waals surface area contributed by atoms with Crippen LogP contribution in [-0.2, 0) is 15.8 Å². The van der Waals surface area contributed by atoms with Crippen LogP contribution in [0.4, 0.5) is 27.6 Å². The van der Waals surface area contributed by atoms with Crippen molar-refractivity contribution in [3.63, 3.8) is 0 Å². The van der Waals surface area contributed by atoms with Crippen molar-refractivity contribution in [1.29, 1.82) is 0 Å². The molecule has 0 saturated heterocycles. The summed E-state index contributed by atoms with van der Waals surface area (Å²) in [6, 6.07) is 9.93. The Labute approximate surface area is 203 Å². The molecule has 2 N–H and O–H groups in total. The number of carboxylic acids is 1. The van der Waals surface area contributed by atoms with Crippen molar-refractivity contribution in [1.82, 2.24) is 4.98 Å². The zero-order valence-corrected chi connectivity index (χ0v) is 18.7. The van der Waals surface area contributed by atoms with E-state index in [1.165, 1.54) is 12.3 Å². The number of nitrogens with zero attached hydrogens (tertiary/aromatic N) is 1. The lowest BCUT2D eigenvalue weighted by Gasteiger charge is -2.35. The summed E-state index contributed by atoms with van der Waals surface area (Å²) in [4.78, 5) is 29.0. The van der Waals surface area contributed by atoms with Crippen molar-refractivity contribution < 1.29 is 36.6 Å². The number of aliphatic carboxylic acids is 1. The first-order valence-corrected chi connectivity index (χ1v) is 11.2. The van der Waals surface area contributed by atoms with E-state index in [-0.39, 0.29) is 12.5 Å². The number of hydrogen-bond donors (Lipinski definition) is 2. The highest BCUT2D eigenvalue weighted by molar-refractivity contribution is 5.95. The summed E-state index contributed by atoms with van der Waals surface area (Å²) in [5, 5.41) is 12.2. The fourth-order valence-corrected chi connectivity index (χ4v) is 4.72. The Morgan fingerprint density at radius 3 is 2.28 bits per heavy atom. The van der Waals surface area contributed by atoms with Gasteiger partial charge in [0.05, 0.1) is 29.3 Å². The van der Waals surface area contributed by atoms with Crippen LogP contribution in [0.15, 0.2) is 60.9 Å².